The molecule has 1 N–H and O–H groups in total. The van der Waals surface area contributed by atoms with Crippen molar-refractivity contribution in [1.82, 2.24) is 5.43 Å². The molecule has 2 rings (SSSR count). The number of rotatable bonds is 9. The molecule has 2 aromatic carbocycles. The first-order valence-corrected chi connectivity index (χ1v) is 11.2. The predicted octanol–water partition coefficient (Wildman–Crippen LogP) is 2.69. The first kappa shape index (κ1) is 23.8. The second-order valence-electron chi connectivity index (χ2n) is 6.64. The van der Waals surface area contributed by atoms with Gasteiger partial charge in [-0.25, -0.2) is 13.8 Å². The molecule has 0 aliphatic rings. The van der Waals surface area contributed by atoms with Crippen molar-refractivity contribution in [3.05, 3.63) is 64.2 Å². The van der Waals surface area contributed by atoms with Crippen molar-refractivity contribution in [2.24, 2.45) is 5.10 Å². The topological polar surface area (TPSA) is 131 Å². The van der Waals surface area contributed by atoms with Crippen LogP contribution >= 0.6 is 0 Å². The maximum atomic E-state index is 12.6. The third-order valence-electron chi connectivity index (χ3n) is 4.32. The molecule has 0 spiro atoms. The molecular formula is C20H24N4O6S. The summed E-state index contributed by atoms with van der Waals surface area (Å²) in [7, 11) is -3.77. The standard InChI is InChI=1S/C20H24N4O6S/c1-5-30-19-12-10-17(11-13-19)23(31(4,28)29)15(3)20(25)22-21-14(2)16-6-8-18(9-7-16)24(26)27/h6-13,15H,5H2,1-4H3,(H,22,25)/b21-14-/t15-/m0/s1. The quantitative estimate of drug-likeness (QED) is 0.356. The van der Waals surface area contributed by atoms with Gasteiger partial charge in [0.25, 0.3) is 11.6 Å². The average Bonchev–Trinajstić information content (AvgIpc) is 2.72. The number of nitro groups is 1. The van der Waals surface area contributed by atoms with Gasteiger partial charge in [0.2, 0.25) is 10.0 Å². The lowest BCUT2D eigenvalue weighted by molar-refractivity contribution is -0.384. The molecule has 0 radical (unpaired) electrons. The van der Waals surface area contributed by atoms with Crippen LogP contribution in [0.2, 0.25) is 0 Å². The summed E-state index contributed by atoms with van der Waals surface area (Å²) >= 11 is 0. The van der Waals surface area contributed by atoms with Crippen LogP contribution in [0, 0.1) is 10.1 Å². The Morgan fingerprint density at radius 3 is 2.26 bits per heavy atom. The molecule has 0 aliphatic carbocycles. The van der Waals surface area contributed by atoms with E-state index in [1.807, 2.05) is 6.92 Å². The number of hydrogen-bond acceptors (Lipinski definition) is 7. The molecule has 166 valence electrons. The van der Waals surface area contributed by atoms with Crippen molar-refractivity contribution in [3.8, 4) is 5.75 Å². The Balaban J connectivity index is 2.19. The zero-order chi connectivity index (χ0) is 23.2. The normalized spacial score (nSPS) is 12.7. The van der Waals surface area contributed by atoms with Gasteiger partial charge >= 0.3 is 0 Å². The van der Waals surface area contributed by atoms with Crippen molar-refractivity contribution in [3.63, 3.8) is 0 Å². The van der Waals surface area contributed by atoms with Gasteiger partial charge in [0.15, 0.2) is 0 Å². The Morgan fingerprint density at radius 1 is 1.19 bits per heavy atom. The second kappa shape index (κ2) is 10.0. The Bertz CT molecular complexity index is 1070. The molecule has 0 aliphatic heterocycles. The highest BCUT2D eigenvalue weighted by Crippen LogP contribution is 2.24. The lowest BCUT2D eigenvalue weighted by Crippen LogP contribution is -2.46. The molecule has 10 nitrogen and oxygen atoms in total. The number of hydrazone groups is 1. The Hall–Kier alpha value is -3.47. The number of nitrogens with zero attached hydrogens (tertiary/aromatic N) is 3. The number of nitrogens with one attached hydrogen (secondary N) is 1. The smallest absolute Gasteiger partial charge is 0.269 e. The summed E-state index contributed by atoms with van der Waals surface area (Å²) in [6.45, 7) is 5.37. The van der Waals surface area contributed by atoms with Crippen LogP contribution in [0.5, 0.6) is 5.75 Å². The molecule has 2 aromatic rings. The van der Waals surface area contributed by atoms with Gasteiger partial charge < -0.3 is 4.74 Å². The SMILES string of the molecule is CCOc1ccc(N([C@@H](C)C(=O)N/N=C(/C)c2ccc([N+](=O)[O-])cc2)S(C)(=O)=O)cc1. The lowest BCUT2D eigenvalue weighted by Gasteiger charge is -2.27. The fraction of sp³-hybridized carbons (Fsp3) is 0.300. The van der Waals surface area contributed by atoms with Crippen LogP contribution in [-0.4, -0.2) is 43.9 Å². The summed E-state index contributed by atoms with van der Waals surface area (Å²) < 4.78 is 31.1. The number of hydrogen-bond donors (Lipinski definition) is 1. The molecule has 0 saturated carbocycles. The van der Waals surface area contributed by atoms with E-state index < -0.39 is 26.9 Å². The summed E-state index contributed by atoms with van der Waals surface area (Å²) in [5.74, 6) is -0.0549. The minimum atomic E-state index is -3.77. The number of sulfonamides is 1. The molecule has 0 bridgehead atoms. The van der Waals surface area contributed by atoms with Crippen molar-refractivity contribution in [2.75, 3.05) is 17.2 Å². The van der Waals surface area contributed by atoms with Gasteiger partial charge in [0, 0.05) is 12.1 Å². The third-order valence-corrected chi connectivity index (χ3v) is 5.56. The van der Waals surface area contributed by atoms with Gasteiger partial charge in [-0.05, 0) is 62.7 Å². The maximum absolute atomic E-state index is 12.6. The molecule has 11 heteroatoms. The number of carbonyl (C=O) groups is 1. The largest absolute Gasteiger partial charge is 0.494 e. The summed E-state index contributed by atoms with van der Waals surface area (Å²) in [5.41, 5.74) is 3.58. The van der Waals surface area contributed by atoms with E-state index in [-0.39, 0.29) is 5.69 Å². The highest BCUT2D eigenvalue weighted by molar-refractivity contribution is 7.92. The van der Waals surface area contributed by atoms with Gasteiger partial charge in [-0.2, -0.15) is 5.10 Å². The summed E-state index contributed by atoms with van der Waals surface area (Å²) in [5, 5.41) is 14.7. The zero-order valence-corrected chi connectivity index (χ0v) is 18.4. The van der Waals surface area contributed by atoms with Gasteiger partial charge in [-0.1, -0.05) is 0 Å². The summed E-state index contributed by atoms with van der Waals surface area (Å²) in [4.78, 5) is 22.8. The van der Waals surface area contributed by atoms with Gasteiger partial charge in [-0.15, -0.1) is 0 Å². The van der Waals surface area contributed by atoms with Gasteiger partial charge in [-0.3, -0.25) is 19.2 Å². The third kappa shape index (κ3) is 6.25. The number of amides is 1. The molecule has 1 amide bonds. The van der Waals surface area contributed by atoms with E-state index in [9.17, 15) is 23.3 Å². The van der Waals surface area contributed by atoms with E-state index in [1.165, 1.54) is 31.2 Å². The summed E-state index contributed by atoms with van der Waals surface area (Å²) in [6.07, 6.45) is 1.01. The van der Waals surface area contributed by atoms with E-state index in [2.05, 4.69) is 10.5 Å². The number of benzene rings is 2. The van der Waals surface area contributed by atoms with Gasteiger partial charge in [0.1, 0.15) is 11.8 Å². The number of anilines is 1. The zero-order valence-electron chi connectivity index (χ0n) is 17.6. The highest BCUT2D eigenvalue weighted by atomic mass is 32.2. The number of carbonyl (C=O) groups excluding carboxylic acids is 1. The van der Waals surface area contributed by atoms with Crippen LogP contribution in [0.4, 0.5) is 11.4 Å². The predicted molar refractivity (Wildman–Crippen MR) is 118 cm³/mol. The molecule has 0 heterocycles. The number of ether oxygens (including phenoxy) is 1. The fourth-order valence-electron chi connectivity index (χ4n) is 2.79. The Kier molecular flexibility index (Phi) is 7.70. The van der Waals surface area contributed by atoms with Crippen LogP contribution < -0.4 is 14.5 Å². The Labute approximate surface area is 180 Å². The van der Waals surface area contributed by atoms with Gasteiger partial charge in [0.05, 0.1) is 29.2 Å². The van der Waals surface area contributed by atoms with Crippen molar-refractivity contribution in [2.45, 2.75) is 26.8 Å². The monoisotopic (exact) mass is 448 g/mol. The molecule has 0 unspecified atom stereocenters. The molecule has 31 heavy (non-hydrogen) atoms. The van der Waals surface area contributed by atoms with Crippen LogP contribution in [0.15, 0.2) is 53.6 Å². The van der Waals surface area contributed by atoms with E-state index in [1.54, 1.807) is 31.2 Å². The van der Waals surface area contributed by atoms with E-state index in [0.29, 0.717) is 29.3 Å². The Morgan fingerprint density at radius 2 is 1.77 bits per heavy atom. The fourth-order valence-corrected chi connectivity index (χ4v) is 3.96. The van der Waals surface area contributed by atoms with Crippen molar-refractivity contribution >= 4 is 33.0 Å². The van der Waals surface area contributed by atoms with Crippen LogP contribution in [0.1, 0.15) is 26.3 Å². The first-order valence-electron chi connectivity index (χ1n) is 9.35. The average molecular weight is 449 g/mol. The molecule has 1 atom stereocenters. The van der Waals surface area contributed by atoms with E-state index in [0.717, 1.165) is 10.6 Å². The van der Waals surface area contributed by atoms with Crippen LogP contribution in [0.3, 0.4) is 0 Å². The first-order chi connectivity index (χ1) is 14.5. The highest BCUT2D eigenvalue weighted by Gasteiger charge is 2.29. The lowest BCUT2D eigenvalue weighted by atomic mass is 10.1. The maximum Gasteiger partial charge on any atom is 0.269 e. The van der Waals surface area contributed by atoms with Crippen molar-refractivity contribution in [1.29, 1.82) is 0 Å². The summed E-state index contributed by atoms with van der Waals surface area (Å²) in [6, 6.07) is 11.0. The van der Waals surface area contributed by atoms with Crippen LogP contribution in [0.25, 0.3) is 0 Å². The van der Waals surface area contributed by atoms with E-state index in [4.69, 9.17) is 4.74 Å². The second-order valence-corrected chi connectivity index (χ2v) is 8.50. The number of non-ortho nitro benzene ring substituents is 1. The van der Waals surface area contributed by atoms with Crippen LogP contribution in [-0.2, 0) is 14.8 Å². The van der Waals surface area contributed by atoms with Crippen molar-refractivity contribution < 1.29 is 22.9 Å². The number of nitro benzene ring substituents is 1. The molecule has 0 saturated heterocycles. The molecular weight excluding hydrogens is 424 g/mol. The van der Waals surface area contributed by atoms with E-state index >= 15 is 0 Å². The minimum absolute atomic E-state index is 0.0617. The molecule has 0 aromatic heterocycles. The minimum Gasteiger partial charge on any atom is -0.494 e. The molecule has 0 fully saturated rings.